The lowest BCUT2D eigenvalue weighted by atomic mass is 9.93. The van der Waals surface area contributed by atoms with E-state index in [-0.39, 0.29) is 17.5 Å². The lowest BCUT2D eigenvalue weighted by Crippen LogP contribution is -2.35. The Labute approximate surface area is 105 Å². The molecule has 0 radical (unpaired) electrons. The predicted molar refractivity (Wildman–Crippen MR) is 66.6 cm³/mol. The van der Waals surface area contributed by atoms with Crippen molar-refractivity contribution < 1.29 is 9.72 Å². The molecule has 1 aliphatic rings. The molecule has 0 aliphatic heterocycles. The van der Waals surface area contributed by atoms with Gasteiger partial charge in [-0.2, -0.15) is 0 Å². The molecule has 6 heteroatoms. The van der Waals surface area contributed by atoms with Crippen LogP contribution < -0.4 is 4.90 Å². The number of carbonyl (C=O) groups is 1. The lowest BCUT2D eigenvalue weighted by molar-refractivity contribution is -0.384. The molecule has 0 saturated heterocycles. The largest absolute Gasteiger partial charge is 0.366 e. The molecule has 0 atom stereocenters. The van der Waals surface area contributed by atoms with Crippen molar-refractivity contribution in [3.8, 4) is 0 Å². The number of ketones is 1. The Morgan fingerprint density at radius 3 is 2.72 bits per heavy atom. The Hall–Kier alpha value is -1.98. The molecule has 0 aromatic carbocycles. The van der Waals surface area contributed by atoms with Gasteiger partial charge in [0.2, 0.25) is 0 Å². The van der Waals surface area contributed by atoms with E-state index in [2.05, 4.69) is 4.98 Å². The van der Waals surface area contributed by atoms with E-state index >= 15 is 0 Å². The second-order valence-corrected chi connectivity index (χ2v) is 4.50. The van der Waals surface area contributed by atoms with Crippen LogP contribution in [0.3, 0.4) is 0 Å². The number of hydrogen-bond donors (Lipinski definition) is 0. The molecule has 1 aliphatic carbocycles. The molecule has 0 unspecified atom stereocenters. The maximum atomic E-state index is 11.2. The summed E-state index contributed by atoms with van der Waals surface area (Å²) < 4.78 is 0. The van der Waals surface area contributed by atoms with Crippen molar-refractivity contribution in [3.05, 3.63) is 28.6 Å². The molecule has 0 N–H and O–H groups in total. The summed E-state index contributed by atoms with van der Waals surface area (Å²) >= 11 is 0. The summed E-state index contributed by atoms with van der Waals surface area (Å²) in [5, 5.41) is 10.9. The average molecular weight is 249 g/mol. The smallest absolute Gasteiger partial charge is 0.310 e. The van der Waals surface area contributed by atoms with E-state index in [1.54, 1.807) is 12.3 Å². The Morgan fingerprint density at radius 2 is 2.11 bits per heavy atom. The summed E-state index contributed by atoms with van der Waals surface area (Å²) in [6, 6.07) is 1.83. The molecule has 0 amide bonds. The highest BCUT2D eigenvalue weighted by Crippen LogP contribution is 2.30. The van der Waals surface area contributed by atoms with Gasteiger partial charge in [-0.05, 0) is 18.9 Å². The van der Waals surface area contributed by atoms with Crippen LogP contribution in [0.2, 0.25) is 0 Å². The number of anilines is 1. The summed E-state index contributed by atoms with van der Waals surface area (Å²) in [5.41, 5.74) is 0.575. The normalized spacial score (nSPS) is 16.6. The molecule has 1 fully saturated rings. The molecule has 0 spiro atoms. The van der Waals surface area contributed by atoms with E-state index < -0.39 is 4.92 Å². The summed E-state index contributed by atoms with van der Waals surface area (Å²) in [6.45, 7) is 0. The second-order valence-electron chi connectivity index (χ2n) is 4.50. The van der Waals surface area contributed by atoms with Gasteiger partial charge in [-0.1, -0.05) is 0 Å². The molecule has 96 valence electrons. The van der Waals surface area contributed by atoms with Crippen LogP contribution in [-0.2, 0) is 4.79 Å². The van der Waals surface area contributed by atoms with Crippen LogP contribution in [0.1, 0.15) is 25.7 Å². The third-order valence-corrected chi connectivity index (χ3v) is 3.41. The van der Waals surface area contributed by atoms with Crippen LogP contribution >= 0.6 is 0 Å². The third-order valence-electron chi connectivity index (χ3n) is 3.41. The van der Waals surface area contributed by atoms with E-state index in [4.69, 9.17) is 0 Å². The second kappa shape index (κ2) is 5.12. The molecule has 1 saturated carbocycles. The van der Waals surface area contributed by atoms with Crippen molar-refractivity contribution >= 4 is 17.2 Å². The minimum Gasteiger partial charge on any atom is -0.366 e. The van der Waals surface area contributed by atoms with Gasteiger partial charge in [-0.15, -0.1) is 0 Å². The zero-order valence-corrected chi connectivity index (χ0v) is 10.2. The zero-order valence-electron chi connectivity index (χ0n) is 10.2. The molecule has 2 rings (SSSR count). The van der Waals surface area contributed by atoms with E-state index in [1.807, 2.05) is 11.9 Å². The van der Waals surface area contributed by atoms with Crippen molar-refractivity contribution in [2.75, 3.05) is 11.9 Å². The minimum atomic E-state index is -0.424. The number of Topliss-reactive ketones (excluding diaryl/α,β-unsaturated/α-hetero) is 1. The predicted octanol–water partition coefficient (Wildman–Crippen LogP) is 1.94. The molecular weight excluding hydrogens is 234 g/mol. The number of carbonyl (C=O) groups excluding carboxylic acids is 1. The van der Waals surface area contributed by atoms with Gasteiger partial charge in [-0.25, -0.2) is 0 Å². The van der Waals surface area contributed by atoms with Crippen LogP contribution in [-0.4, -0.2) is 28.8 Å². The first-order valence-corrected chi connectivity index (χ1v) is 5.92. The van der Waals surface area contributed by atoms with Crippen molar-refractivity contribution in [1.29, 1.82) is 0 Å². The first-order valence-electron chi connectivity index (χ1n) is 5.92. The van der Waals surface area contributed by atoms with Gasteiger partial charge >= 0.3 is 5.69 Å². The Bertz CT molecular complexity index is 465. The van der Waals surface area contributed by atoms with Crippen LogP contribution in [0.5, 0.6) is 0 Å². The van der Waals surface area contributed by atoms with E-state index in [1.165, 1.54) is 6.20 Å². The monoisotopic (exact) mass is 249 g/mol. The quantitative estimate of drug-likeness (QED) is 0.604. The number of nitro groups is 1. The van der Waals surface area contributed by atoms with Crippen molar-refractivity contribution in [2.24, 2.45) is 0 Å². The summed E-state index contributed by atoms with van der Waals surface area (Å²) in [6.07, 6.45) is 5.46. The third kappa shape index (κ3) is 2.47. The van der Waals surface area contributed by atoms with E-state index in [9.17, 15) is 14.9 Å². The van der Waals surface area contributed by atoms with E-state index in [0.29, 0.717) is 18.5 Å². The Morgan fingerprint density at radius 1 is 1.44 bits per heavy atom. The molecule has 0 bridgehead atoms. The maximum absolute atomic E-state index is 11.2. The number of aromatic nitrogens is 1. The molecule has 6 nitrogen and oxygen atoms in total. The zero-order chi connectivity index (χ0) is 13.1. The van der Waals surface area contributed by atoms with Crippen LogP contribution in [0, 0.1) is 10.1 Å². The van der Waals surface area contributed by atoms with E-state index in [0.717, 1.165) is 12.8 Å². The topological polar surface area (TPSA) is 76.3 Å². The molecule has 1 heterocycles. The van der Waals surface area contributed by atoms with Gasteiger partial charge < -0.3 is 4.90 Å². The molecular formula is C12H15N3O3. The number of pyridine rings is 1. The first kappa shape index (κ1) is 12.5. The van der Waals surface area contributed by atoms with Gasteiger partial charge in [0.05, 0.1) is 4.92 Å². The van der Waals surface area contributed by atoms with Crippen LogP contribution in [0.25, 0.3) is 0 Å². The minimum absolute atomic E-state index is 0.0110. The fourth-order valence-electron chi connectivity index (χ4n) is 2.33. The average Bonchev–Trinajstić information content (AvgIpc) is 2.39. The van der Waals surface area contributed by atoms with Gasteiger partial charge in [0.25, 0.3) is 0 Å². The van der Waals surface area contributed by atoms with Gasteiger partial charge in [-0.3, -0.25) is 19.9 Å². The summed E-state index contributed by atoms with van der Waals surface area (Å²) in [5.74, 6) is 0.281. The van der Waals surface area contributed by atoms with Crippen molar-refractivity contribution in [1.82, 2.24) is 4.98 Å². The van der Waals surface area contributed by atoms with Gasteiger partial charge in [0.1, 0.15) is 17.7 Å². The number of rotatable bonds is 3. The fourth-order valence-corrected chi connectivity index (χ4v) is 2.33. The van der Waals surface area contributed by atoms with Crippen LogP contribution in [0.15, 0.2) is 18.5 Å². The summed E-state index contributed by atoms with van der Waals surface area (Å²) in [4.78, 5) is 27.4. The highest BCUT2D eigenvalue weighted by molar-refractivity contribution is 5.79. The highest BCUT2D eigenvalue weighted by Gasteiger charge is 2.26. The molecule has 1 aromatic heterocycles. The number of nitrogens with zero attached hydrogens (tertiary/aromatic N) is 3. The van der Waals surface area contributed by atoms with Crippen molar-refractivity contribution in [3.63, 3.8) is 0 Å². The van der Waals surface area contributed by atoms with Crippen molar-refractivity contribution in [2.45, 2.75) is 31.7 Å². The van der Waals surface area contributed by atoms with Gasteiger partial charge in [0.15, 0.2) is 0 Å². The lowest BCUT2D eigenvalue weighted by Gasteiger charge is -2.31. The van der Waals surface area contributed by atoms with Gasteiger partial charge in [0, 0.05) is 32.1 Å². The standard InChI is InChI=1S/C12H15N3O3/c1-14(9-2-4-10(16)5-3-9)11-6-7-13-8-12(11)15(17)18/h6-9H,2-5H2,1H3. The molecule has 18 heavy (non-hydrogen) atoms. The fraction of sp³-hybridized carbons (Fsp3) is 0.500. The SMILES string of the molecule is CN(c1ccncc1[N+](=O)[O-])C1CCC(=O)CC1. The maximum Gasteiger partial charge on any atom is 0.310 e. The first-order chi connectivity index (χ1) is 8.59. The Balaban J connectivity index is 2.20. The molecule has 1 aromatic rings. The number of hydrogen-bond acceptors (Lipinski definition) is 5. The Kier molecular flexibility index (Phi) is 3.55. The highest BCUT2D eigenvalue weighted by atomic mass is 16.6. The van der Waals surface area contributed by atoms with Crippen LogP contribution in [0.4, 0.5) is 11.4 Å². The summed E-state index contributed by atoms with van der Waals surface area (Å²) in [7, 11) is 1.84.